The van der Waals surface area contributed by atoms with Gasteiger partial charge >= 0.3 is 0 Å². The van der Waals surface area contributed by atoms with Crippen LogP contribution in [0.25, 0.3) is 0 Å². The molecular formula is C12H17ClN4O2. The van der Waals surface area contributed by atoms with Crippen molar-refractivity contribution in [2.24, 2.45) is 5.92 Å². The minimum atomic E-state index is -0.0991. The van der Waals surface area contributed by atoms with Gasteiger partial charge in [0.05, 0.1) is 7.11 Å². The summed E-state index contributed by atoms with van der Waals surface area (Å²) < 4.78 is 4.97. The van der Waals surface area contributed by atoms with Gasteiger partial charge < -0.3 is 10.1 Å². The molecule has 0 aromatic carbocycles. The second kappa shape index (κ2) is 6.68. The van der Waals surface area contributed by atoms with Gasteiger partial charge in [-0.05, 0) is 31.8 Å². The number of nitrogens with one attached hydrogen (secondary N) is 2. The van der Waals surface area contributed by atoms with E-state index in [2.05, 4.69) is 20.6 Å². The average molecular weight is 285 g/mol. The Morgan fingerprint density at radius 1 is 1.63 bits per heavy atom. The lowest BCUT2D eigenvalue weighted by Gasteiger charge is -2.21. The van der Waals surface area contributed by atoms with E-state index in [0.717, 1.165) is 25.9 Å². The van der Waals surface area contributed by atoms with E-state index in [0.29, 0.717) is 18.2 Å². The molecule has 1 amide bonds. The zero-order valence-electron chi connectivity index (χ0n) is 10.8. The van der Waals surface area contributed by atoms with Gasteiger partial charge in [-0.1, -0.05) is 11.6 Å². The van der Waals surface area contributed by atoms with Gasteiger partial charge in [-0.25, -0.2) is 4.98 Å². The molecule has 1 aliphatic heterocycles. The smallest absolute Gasteiger partial charge is 0.234 e. The van der Waals surface area contributed by atoms with Crippen molar-refractivity contribution in [1.82, 2.24) is 15.3 Å². The lowest BCUT2D eigenvalue weighted by atomic mass is 9.96. The molecule has 1 saturated heterocycles. The van der Waals surface area contributed by atoms with E-state index in [9.17, 15) is 4.79 Å². The summed E-state index contributed by atoms with van der Waals surface area (Å²) in [5.74, 6) is 0.778. The fourth-order valence-corrected chi connectivity index (χ4v) is 2.27. The number of carbonyl (C=O) groups is 1. The number of halogens is 1. The van der Waals surface area contributed by atoms with Crippen LogP contribution in [0, 0.1) is 5.92 Å². The molecule has 1 atom stereocenters. The van der Waals surface area contributed by atoms with Crippen molar-refractivity contribution in [3.8, 4) is 5.88 Å². The molecule has 2 N–H and O–H groups in total. The summed E-state index contributed by atoms with van der Waals surface area (Å²) in [5, 5.41) is 6.17. The molecule has 1 fully saturated rings. The highest BCUT2D eigenvalue weighted by molar-refractivity contribution is 6.29. The molecule has 6 nitrogen and oxygen atoms in total. The number of hydrogen-bond donors (Lipinski definition) is 2. The van der Waals surface area contributed by atoms with Crippen LogP contribution in [-0.4, -0.2) is 36.1 Å². The van der Waals surface area contributed by atoms with Crippen molar-refractivity contribution < 1.29 is 9.53 Å². The Hall–Kier alpha value is -1.40. The molecule has 0 radical (unpaired) electrons. The number of hydrogen-bond acceptors (Lipinski definition) is 5. The fourth-order valence-electron chi connectivity index (χ4n) is 2.09. The normalized spacial score (nSPS) is 18.9. The van der Waals surface area contributed by atoms with E-state index in [1.54, 1.807) is 0 Å². The third kappa shape index (κ3) is 4.33. The first-order valence-corrected chi connectivity index (χ1v) is 6.64. The highest BCUT2D eigenvalue weighted by Crippen LogP contribution is 2.17. The van der Waals surface area contributed by atoms with E-state index < -0.39 is 0 Å². The number of piperidine rings is 1. The third-order valence-corrected chi connectivity index (χ3v) is 3.20. The third-order valence-electron chi connectivity index (χ3n) is 3.00. The lowest BCUT2D eigenvalue weighted by Crippen LogP contribution is -2.32. The molecule has 1 aromatic rings. The summed E-state index contributed by atoms with van der Waals surface area (Å²) in [6.07, 6.45) is 2.64. The summed E-state index contributed by atoms with van der Waals surface area (Å²) in [7, 11) is 1.48. The molecule has 19 heavy (non-hydrogen) atoms. The van der Waals surface area contributed by atoms with Gasteiger partial charge in [0.25, 0.3) is 0 Å². The topological polar surface area (TPSA) is 76.1 Å². The standard InChI is InChI=1S/C12H17ClN4O2/c1-19-11-6-9(13)15-12(17-11)16-10(18)5-8-3-2-4-14-7-8/h6,8,14H,2-5,7H2,1H3,(H,15,16,17,18). The molecule has 0 bridgehead atoms. The Balaban J connectivity index is 1.92. The maximum absolute atomic E-state index is 11.9. The van der Waals surface area contributed by atoms with Crippen molar-refractivity contribution in [3.05, 3.63) is 11.2 Å². The highest BCUT2D eigenvalue weighted by atomic mass is 35.5. The van der Waals surface area contributed by atoms with Crippen LogP contribution in [0.15, 0.2) is 6.07 Å². The molecule has 2 heterocycles. The number of ether oxygens (including phenoxy) is 1. The summed E-state index contributed by atoms with van der Waals surface area (Å²) in [5.41, 5.74) is 0. The van der Waals surface area contributed by atoms with Crippen molar-refractivity contribution >= 4 is 23.5 Å². The number of carbonyl (C=O) groups excluding carboxylic acids is 1. The number of methoxy groups -OCH3 is 1. The maximum atomic E-state index is 11.9. The van der Waals surface area contributed by atoms with Crippen LogP contribution in [0.5, 0.6) is 5.88 Å². The predicted octanol–water partition coefficient (Wildman–Crippen LogP) is 1.47. The molecule has 7 heteroatoms. The van der Waals surface area contributed by atoms with Gasteiger partial charge in [0.1, 0.15) is 5.15 Å². The Labute approximate surface area is 116 Å². The van der Waals surface area contributed by atoms with Crippen molar-refractivity contribution in [1.29, 1.82) is 0 Å². The number of amides is 1. The summed E-state index contributed by atoms with van der Waals surface area (Å²) in [6, 6.07) is 1.49. The van der Waals surface area contributed by atoms with Gasteiger partial charge in [-0.2, -0.15) is 4.98 Å². The maximum Gasteiger partial charge on any atom is 0.234 e. The monoisotopic (exact) mass is 284 g/mol. The van der Waals surface area contributed by atoms with Gasteiger partial charge in [0.2, 0.25) is 17.7 Å². The number of aromatic nitrogens is 2. The largest absolute Gasteiger partial charge is 0.481 e. The van der Waals surface area contributed by atoms with Crippen LogP contribution >= 0.6 is 11.6 Å². The van der Waals surface area contributed by atoms with E-state index in [1.165, 1.54) is 13.2 Å². The van der Waals surface area contributed by atoms with Gasteiger partial charge in [0, 0.05) is 12.5 Å². The number of anilines is 1. The molecular weight excluding hydrogens is 268 g/mol. The first kappa shape index (κ1) is 14.0. The fraction of sp³-hybridized carbons (Fsp3) is 0.583. The van der Waals surface area contributed by atoms with Crippen molar-refractivity contribution in [2.75, 3.05) is 25.5 Å². The minimum Gasteiger partial charge on any atom is -0.481 e. The molecule has 2 rings (SSSR count). The first-order valence-electron chi connectivity index (χ1n) is 6.26. The number of nitrogens with zero attached hydrogens (tertiary/aromatic N) is 2. The second-order valence-corrected chi connectivity index (χ2v) is 4.91. The summed E-state index contributed by atoms with van der Waals surface area (Å²) in [6.45, 7) is 1.92. The zero-order valence-corrected chi connectivity index (χ0v) is 11.5. The van der Waals surface area contributed by atoms with Crippen molar-refractivity contribution in [3.63, 3.8) is 0 Å². The molecule has 0 aliphatic carbocycles. The first-order chi connectivity index (χ1) is 9.17. The van der Waals surface area contributed by atoms with Crippen LogP contribution in [0.2, 0.25) is 5.15 Å². The van der Waals surface area contributed by atoms with E-state index >= 15 is 0 Å². The Kier molecular flexibility index (Phi) is 4.93. The summed E-state index contributed by atoms with van der Waals surface area (Å²) >= 11 is 5.81. The zero-order chi connectivity index (χ0) is 13.7. The lowest BCUT2D eigenvalue weighted by molar-refractivity contribution is -0.117. The second-order valence-electron chi connectivity index (χ2n) is 4.52. The Bertz CT molecular complexity index is 449. The molecule has 1 unspecified atom stereocenters. The van der Waals surface area contributed by atoms with Gasteiger partial charge in [0.15, 0.2) is 0 Å². The van der Waals surface area contributed by atoms with Crippen LogP contribution in [-0.2, 0) is 4.79 Å². The molecule has 0 spiro atoms. The summed E-state index contributed by atoms with van der Waals surface area (Å²) in [4.78, 5) is 19.9. The van der Waals surface area contributed by atoms with Gasteiger partial charge in [-0.3, -0.25) is 10.1 Å². The molecule has 104 valence electrons. The quantitative estimate of drug-likeness (QED) is 0.819. The van der Waals surface area contributed by atoms with Crippen LogP contribution < -0.4 is 15.4 Å². The van der Waals surface area contributed by atoms with Crippen LogP contribution in [0.1, 0.15) is 19.3 Å². The van der Waals surface area contributed by atoms with E-state index in [-0.39, 0.29) is 17.0 Å². The SMILES string of the molecule is COc1cc(Cl)nc(NC(=O)CC2CCCNC2)n1. The Morgan fingerprint density at radius 2 is 2.47 bits per heavy atom. The molecule has 0 saturated carbocycles. The Morgan fingerprint density at radius 3 is 3.16 bits per heavy atom. The van der Waals surface area contributed by atoms with E-state index in [1.807, 2.05) is 0 Å². The van der Waals surface area contributed by atoms with E-state index in [4.69, 9.17) is 16.3 Å². The van der Waals surface area contributed by atoms with Crippen LogP contribution in [0.3, 0.4) is 0 Å². The molecule has 1 aromatic heterocycles. The van der Waals surface area contributed by atoms with Gasteiger partial charge in [-0.15, -0.1) is 0 Å². The average Bonchev–Trinajstić information content (AvgIpc) is 2.38. The van der Waals surface area contributed by atoms with Crippen molar-refractivity contribution in [2.45, 2.75) is 19.3 Å². The number of rotatable bonds is 4. The molecule has 1 aliphatic rings. The highest BCUT2D eigenvalue weighted by Gasteiger charge is 2.17. The van der Waals surface area contributed by atoms with Crippen LogP contribution in [0.4, 0.5) is 5.95 Å². The minimum absolute atomic E-state index is 0.0991. The predicted molar refractivity (Wildman–Crippen MR) is 72.4 cm³/mol.